The SMILES string of the molecule is C=C.CC12CCC3c4ccc(B(O)O)cc4CCC3C1C/C(=C\c1cccc(C(N)=O)c1)C2O. The minimum Gasteiger partial charge on any atom is -0.423 e. The van der Waals surface area contributed by atoms with Crippen molar-refractivity contribution in [2.45, 2.75) is 51.0 Å². The van der Waals surface area contributed by atoms with Gasteiger partial charge in [-0.05, 0) is 89.7 Å². The van der Waals surface area contributed by atoms with Gasteiger partial charge in [0.1, 0.15) is 0 Å². The zero-order valence-electron chi connectivity index (χ0n) is 19.8. The van der Waals surface area contributed by atoms with E-state index in [0.29, 0.717) is 28.8 Å². The van der Waals surface area contributed by atoms with Gasteiger partial charge in [0.15, 0.2) is 0 Å². The Hall–Kier alpha value is -2.67. The van der Waals surface area contributed by atoms with Crippen LogP contribution < -0.4 is 11.2 Å². The standard InChI is InChI=1S/C26H30BNO4.C2H4/c1-26-10-9-21-20-8-6-19(27(31)32)13-16(20)5-7-22(21)23(26)14-18(24(26)29)12-15-3-2-4-17(11-15)25(28)30;1-2/h2-4,6,8,11-13,21-24,29,31-32H,5,7,9-10,14H2,1H3,(H2,28,30);1-2H2/b18-12+;. The maximum Gasteiger partial charge on any atom is 0.488 e. The van der Waals surface area contributed by atoms with Crippen molar-refractivity contribution >= 4 is 24.6 Å². The summed E-state index contributed by atoms with van der Waals surface area (Å²) in [6.45, 7) is 8.24. The maximum absolute atomic E-state index is 11.6. The number of carbonyl (C=O) groups excluding carboxylic acids is 1. The molecule has 5 atom stereocenters. The van der Waals surface area contributed by atoms with E-state index in [0.717, 1.165) is 43.2 Å². The van der Waals surface area contributed by atoms with Crippen molar-refractivity contribution < 1.29 is 19.9 Å². The Morgan fingerprint density at radius 1 is 1.18 bits per heavy atom. The first-order valence-electron chi connectivity index (χ1n) is 12.0. The van der Waals surface area contributed by atoms with Gasteiger partial charge in [-0.25, -0.2) is 0 Å². The molecule has 0 aromatic heterocycles. The summed E-state index contributed by atoms with van der Waals surface area (Å²) in [7, 11) is -1.43. The average Bonchev–Trinajstić information content (AvgIpc) is 3.10. The minimum absolute atomic E-state index is 0.146. The van der Waals surface area contributed by atoms with Crippen LogP contribution in [0.5, 0.6) is 0 Å². The second-order valence-corrected chi connectivity index (χ2v) is 10.1. The molecular formula is C28H34BNO4. The Morgan fingerprint density at radius 2 is 1.94 bits per heavy atom. The first-order valence-corrected chi connectivity index (χ1v) is 12.0. The molecule has 1 amide bonds. The fourth-order valence-corrected chi connectivity index (χ4v) is 6.76. The van der Waals surface area contributed by atoms with E-state index >= 15 is 0 Å². The van der Waals surface area contributed by atoms with Gasteiger partial charge in [-0.2, -0.15) is 0 Å². The largest absolute Gasteiger partial charge is 0.488 e. The summed E-state index contributed by atoms with van der Waals surface area (Å²) >= 11 is 0. The van der Waals surface area contributed by atoms with E-state index in [1.165, 1.54) is 11.1 Å². The van der Waals surface area contributed by atoms with Crippen molar-refractivity contribution in [3.8, 4) is 0 Å². The second-order valence-electron chi connectivity index (χ2n) is 10.1. The van der Waals surface area contributed by atoms with Crippen molar-refractivity contribution in [2.75, 3.05) is 0 Å². The summed E-state index contributed by atoms with van der Waals surface area (Å²) in [6.07, 6.45) is 6.40. The zero-order chi connectivity index (χ0) is 24.6. The lowest BCUT2D eigenvalue weighted by atomic mass is 9.55. The molecule has 6 heteroatoms. The molecule has 0 heterocycles. The fraction of sp³-hybridized carbons (Fsp3) is 0.393. The molecule has 178 valence electrons. The summed E-state index contributed by atoms with van der Waals surface area (Å²) in [5.74, 6) is 0.909. The van der Waals surface area contributed by atoms with E-state index in [4.69, 9.17) is 5.73 Å². The lowest BCUT2D eigenvalue weighted by molar-refractivity contribution is -0.0158. The van der Waals surface area contributed by atoms with Crippen LogP contribution in [-0.2, 0) is 6.42 Å². The number of carbonyl (C=O) groups is 1. The second kappa shape index (κ2) is 9.53. The summed E-state index contributed by atoms with van der Waals surface area (Å²) in [6, 6.07) is 13.1. The van der Waals surface area contributed by atoms with Gasteiger partial charge in [0, 0.05) is 11.0 Å². The monoisotopic (exact) mass is 459 g/mol. The van der Waals surface area contributed by atoms with Gasteiger partial charge >= 0.3 is 7.12 Å². The Kier molecular flexibility index (Phi) is 6.86. The van der Waals surface area contributed by atoms with Crippen LogP contribution >= 0.6 is 0 Å². The molecule has 2 saturated carbocycles. The third-order valence-electron chi connectivity index (χ3n) is 8.44. The van der Waals surface area contributed by atoms with Gasteiger partial charge < -0.3 is 20.9 Å². The lowest BCUT2D eigenvalue weighted by Crippen LogP contribution is -2.44. The number of primary amides is 1. The normalized spacial score (nSPS) is 30.4. The Bertz CT molecular complexity index is 1110. The molecular weight excluding hydrogens is 425 g/mol. The summed E-state index contributed by atoms with van der Waals surface area (Å²) in [5, 5.41) is 30.4. The molecule has 5 N–H and O–H groups in total. The Balaban J connectivity index is 0.00000133. The van der Waals surface area contributed by atoms with Crippen LogP contribution in [0, 0.1) is 17.3 Å². The van der Waals surface area contributed by atoms with Gasteiger partial charge in [0.25, 0.3) is 0 Å². The van der Waals surface area contributed by atoms with Crippen molar-refractivity contribution in [3.05, 3.63) is 83.4 Å². The van der Waals surface area contributed by atoms with E-state index in [1.807, 2.05) is 30.3 Å². The Morgan fingerprint density at radius 3 is 2.65 bits per heavy atom. The first-order chi connectivity index (χ1) is 16.3. The highest BCUT2D eigenvalue weighted by molar-refractivity contribution is 6.58. The van der Waals surface area contributed by atoms with E-state index in [-0.39, 0.29) is 5.41 Å². The first kappa shape index (κ1) is 24.5. The van der Waals surface area contributed by atoms with Crippen LogP contribution in [-0.4, -0.2) is 34.3 Å². The highest BCUT2D eigenvalue weighted by Crippen LogP contribution is 2.62. The van der Waals surface area contributed by atoms with Crippen molar-refractivity contribution in [1.29, 1.82) is 0 Å². The van der Waals surface area contributed by atoms with Gasteiger partial charge in [0.2, 0.25) is 5.91 Å². The van der Waals surface area contributed by atoms with E-state index in [2.05, 4.69) is 26.1 Å². The van der Waals surface area contributed by atoms with Gasteiger partial charge in [-0.3, -0.25) is 4.79 Å². The van der Waals surface area contributed by atoms with Gasteiger partial charge in [-0.15, -0.1) is 13.2 Å². The maximum atomic E-state index is 11.6. The van der Waals surface area contributed by atoms with Crippen LogP contribution in [0.1, 0.15) is 65.6 Å². The van der Waals surface area contributed by atoms with Crippen molar-refractivity contribution in [3.63, 3.8) is 0 Å². The van der Waals surface area contributed by atoms with Gasteiger partial charge in [-0.1, -0.05) is 43.3 Å². The molecule has 5 rings (SSSR count). The zero-order valence-corrected chi connectivity index (χ0v) is 19.8. The number of aliphatic hydroxyl groups is 1. The van der Waals surface area contributed by atoms with E-state index in [9.17, 15) is 19.9 Å². The molecule has 0 radical (unpaired) electrons. The summed E-state index contributed by atoms with van der Waals surface area (Å²) < 4.78 is 0. The molecule has 2 aromatic carbocycles. The molecule has 5 nitrogen and oxygen atoms in total. The molecule has 2 aromatic rings. The van der Waals surface area contributed by atoms with Crippen molar-refractivity contribution in [1.82, 2.24) is 0 Å². The quantitative estimate of drug-likeness (QED) is 0.418. The number of aryl methyl sites for hydroxylation is 1. The molecule has 0 saturated heterocycles. The number of amides is 1. The molecule has 3 aliphatic carbocycles. The van der Waals surface area contributed by atoms with Crippen LogP contribution in [0.15, 0.2) is 61.2 Å². The van der Waals surface area contributed by atoms with E-state index in [1.54, 1.807) is 12.1 Å². The number of nitrogens with two attached hydrogens (primary N) is 1. The predicted octanol–water partition coefficient (Wildman–Crippen LogP) is 3.18. The molecule has 0 aliphatic heterocycles. The number of benzene rings is 2. The van der Waals surface area contributed by atoms with E-state index < -0.39 is 19.1 Å². The number of fused-ring (bicyclic) bond motifs is 5. The molecule has 5 unspecified atom stereocenters. The summed E-state index contributed by atoms with van der Waals surface area (Å²) in [4.78, 5) is 11.6. The number of hydrogen-bond acceptors (Lipinski definition) is 4. The fourth-order valence-electron chi connectivity index (χ4n) is 6.76. The Labute approximate surface area is 202 Å². The van der Waals surface area contributed by atoms with Crippen LogP contribution in [0.25, 0.3) is 6.08 Å². The smallest absolute Gasteiger partial charge is 0.423 e. The molecule has 0 spiro atoms. The third kappa shape index (κ3) is 4.15. The molecule has 3 aliphatic rings. The van der Waals surface area contributed by atoms with Crippen LogP contribution in [0.2, 0.25) is 0 Å². The highest BCUT2D eigenvalue weighted by atomic mass is 16.4. The topological polar surface area (TPSA) is 104 Å². The molecule has 34 heavy (non-hydrogen) atoms. The van der Waals surface area contributed by atoms with Crippen molar-refractivity contribution in [2.24, 2.45) is 23.0 Å². The highest BCUT2D eigenvalue weighted by Gasteiger charge is 2.56. The molecule has 0 bridgehead atoms. The average molecular weight is 459 g/mol. The van der Waals surface area contributed by atoms with Crippen LogP contribution in [0.3, 0.4) is 0 Å². The third-order valence-corrected chi connectivity index (χ3v) is 8.44. The van der Waals surface area contributed by atoms with Gasteiger partial charge in [0.05, 0.1) is 6.10 Å². The minimum atomic E-state index is -1.43. The number of hydrogen-bond donors (Lipinski definition) is 4. The number of rotatable bonds is 3. The molecule has 2 fully saturated rings. The summed E-state index contributed by atoms with van der Waals surface area (Å²) in [5.41, 5.74) is 10.8. The predicted molar refractivity (Wildman–Crippen MR) is 136 cm³/mol. The van der Waals surface area contributed by atoms with Crippen LogP contribution in [0.4, 0.5) is 0 Å². The number of aliphatic hydroxyl groups excluding tert-OH is 1. The lowest BCUT2D eigenvalue weighted by Gasteiger charge is -2.49.